The lowest BCUT2D eigenvalue weighted by atomic mass is 10.1. The molecule has 1 aromatic carbocycles. The maximum absolute atomic E-state index is 11.6. The summed E-state index contributed by atoms with van der Waals surface area (Å²) in [7, 11) is 1.83. The van der Waals surface area contributed by atoms with E-state index in [2.05, 4.69) is 4.90 Å². The Hall–Kier alpha value is -1.26. The molecule has 1 fully saturated rings. The SMILES string of the molecule is CN1CCN(Cc2ccc(Cl)c(N)c2)CC1=O. The third-order valence-electron chi connectivity index (χ3n) is 3.00. The van der Waals surface area contributed by atoms with Gasteiger partial charge in [0.05, 0.1) is 17.3 Å². The van der Waals surface area contributed by atoms with E-state index in [0.29, 0.717) is 17.3 Å². The van der Waals surface area contributed by atoms with Crippen LogP contribution < -0.4 is 5.73 Å². The minimum atomic E-state index is 0.165. The zero-order chi connectivity index (χ0) is 12.4. The summed E-state index contributed by atoms with van der Waals surface area (Å²) in [5.41, 5.74) is 7.42. The summed E-state index contributed by atoms with van der Waals surface area (Å²) < 4.78 is 0. The maximum atomic E-state index is 11.6. The van der Waals surface area contributed by atoms with Crippen LogP contribution in [0.15, 0.2) is 18.2 Å². The number of hydrogen-bond acceptors (Lipinski definition) is 3. The highest BCUT2D eigenvalue weighted by Gasteiger charge is 2.20. The number of nitrogen functional groups attached to an aromatic ring is 1. The number of halogens is 1. The van der Waals surface area contributed by atoms with E-state index in [9.17, 15) is 4.79 Å². The number of carbonyl (C=O) groups excluding carboxylic acids is 1. The Labute approximate surface area is 106 Å². The standard InChI is InChI=1S/C12H16ClN3O/c1-15-4-5-16(8-12(15)17)7-9-2-3-10(13)11(14)6-9/h2-3,6H,4-5,7-8,14H2,1H3. The highest BCUT2D eigenvalue weighted by molar-refractivity contribution is 6.33. The zero-order valence-corrected chi connectivity index (χ0v) is 10.6. The Kier molecular flexibility index (Phi) is 3.54. The van der Waals surface area contributed by atoms with Crippen molar-refractivity contribution in [3.63, 3.8) is 0 Å². The second-order valence-electron chi connectivity index (χ2n) is 4.38. The van der Waals surface area contributed by atoms with E-state index < -0.39 is 0 Å². The van der Waals surface area contributed by atoms with Gasteiger partial charge in [-0.15, -0.1) is 0 Å². The third kappa shape index (κ3) is 2.90. The quantitative estimate of drug-likeness (QED) is 0.806. The molecular formula is C12H16ClN3O. The molecule has 0 spiro atoms. The molecule has 1 amide bonds. The minimum Gasteiger partial charge on any atom is -0.398 e. The molecule has 1 saturated heterocycles. The number of carbonyl (C=O) groups is 1. The van der Waals surface area contributed by atoms with Gasteiger partial charge in [-0.05, 0) is 17.7 Å². The van der Waals surface area contributed by atoms with Crippen molar-refractivity contribution in [1.29, 1.82) is 0 Å². The Morgan fingerprint density at radius 3 is 2.82 bits per heavy atom. The summed E-state index contributed by atoms with van der Waals surface area (Å²) in [5, 5.41) is 0.572. The van der Waals surface area contributed by atoms with Crippen molar-refractivity contribution in [3.8, 4) is 0 Å². The number of amides is 1. The average molecular weight is 254 g/mol. The van der Waals surface area contributed by atoms with Crippen LogP contribution in [0.1, 0.15) is 5.56 Å². The Bertz CT molecular complexity index is 436. The third-order valence-corrected chi connectivity index (χ3v) is 3.35. The number of rotatable bonds is 2. The van der Waals surface area contributed by atoms with Gasteiger partial charge in [-0.25, -0.2) is 0 Å². The van der Waals surface area contributed by atoms with Gasteiger partial charge < -0.3 is 10.6 Å². The maximum Gasteiger partial charge on any atom is 0.236 e. The topological polar surface area (TPSA) is 49.6 Å². The summed E-state index contributed by atoms with van der Waals surface area (Å²) in [5.74, 6) is 0.165. The number of anilines is 1. The molecule has 0 unspecified atom stereocenters. The molecule has 0 radical (unpaired) electrons. The van der Waals surface area contributed by atoms with Crippen LogP contribution in [0, 0.1) is 0 Å². The highest BCUT2D eigenvalue weighted by Crippen LogP contribution is 2.20. The number of nitrogens with two attached hydrogens (primary N) is 1. The molecule has 92 valence electrons. The molecule has 0 saturated carbocycles. The smallest absolute Gasteiger partial charge is 0.236 e. The summed E-state index contributed by atoms with van der Waals surface area (Å²) in [6.45, 7) is 2.88. The molecule has 0 aromatic heterocycles. The lowest BCUT2D eigenvalue weighted by Gasteiger charge is -2.31. The number of benzene rings is 1. The van der Waals surface area contributed by atoms with Gasteiger partial charge in [0.1, 0.15) is 0 Å². The van der Waals surface area contributed by atoms with Crippen molar-refractivity contribution < 1.29 is 4.79 Å². The Morgan fingerprint density at radius 1 is 1.41 bits per heavy atom. The van der Waals surface area contributed by atoms with Crippen LogP contribution in [-0.4, -0.2) is 42.4 Å². The van der Waals surface area contributed by atoms with Gasteiger partial charge in [-0.2, -0.15) is 0 Å². The molecule has 0 bridgehead atoms. The minimum absolute atomic E-state index is 0.165. The van der Waals surface area contributed by atoms with Gasteiger partial charge in [0, 0.05) is 26.7 Å². The molecule has 2 rings (SSSR count). The van der Waals surface area contributed by atoms with Crippen molar-refractivity contribution in [2.24, 2.45) is 0 Å². The second kappa shape index (κ2) is 4.94. The Morgan fingerprint density at radius 2 is 2.18 bits per heavy atom. The fourth-order valence-electron chi connectivity index (χ4n) is 1.89. The van der Waals surface area contributed by atoms with Gasteiger partial charge in [0.15, 0.2) is 0 Å². The molecule has 1 aromatic rings. The molecule has 0 atom stereocenters. The van der Waals surface area contributed by atoms with Gasteiger partial charge in [-0.1, -0.05) is 17.7 Å². The zero-order valence-electron chi connectivity index (χ0n) is 9.82. The van der Waals surface area contributed by atoms with E-state index in [0.717, 1.165) is 25.2 Å². The van der Waals surface area contributed by atoms with Crippen molar-refractivity contribution in [2.75, 3.05) is 32.4 Å². The molecule has 1 aliphatic rings. The van der Waals surface area contributed by atoms with Crippen molar-refractivity contribution >= 4 is 23.2 Å². The molecule has 4 nitrogen and oxygen atoms in total. The second-order valence-corrected chi connectivity index (χ2v) is 4.79. The molecule has 5 heteroatoms. The van der Waals surface area contributed by atoms with Gasteiger partial charge in [-0.3, -0.25) is 9.69 Å². The van der Waals surface area contributed by atoms with E-state index in [1.54, 1.807) is 11.0 Å². The predicted molar refractivity (Wildman–Crippen MR) is 68.8 cm³/mol. The first kappa shape index (κ1) is 12.2. The fraction of sp³-hybridized carbons (Fsp3) is 0.417. The number of hydrogen-bond donors (Lipinski definition) is 1. The van der Waals surface area contributed by atoms with E-state index in [1.807, 2.05) is 19.2 Å². The van der Waals surface area contributed by atoms with Crippen molar-refractivity contribution in [1.82, 2.24) is 9.80 Å². The number of nitrogens with zero attached hydrogens (tertiary/aromatic N) is 2. The van der Waals surface area contributed by atoms with E-state index in [4.69, 9.17) is 17.3 Å². The van der Waals surface area contributed by atoms with E-state index in [-0.39, 0.29) is 5.91 Å². The van der Waals surface area contributed by atoms with Gasteiger partial charge >= 0.3 is 0 Å². The average Bonchev–Trinajstić information content (AvgIpc) is 2.29. The van der Waals surface area contributed by atoms with Gasteiger partial charge in [0.25, 0.3) is 0 Å². The molecule has 1 heterocycles. The van der Waals surface area contributed by atoms with Crippen LogP contribution in [-0.2, 0) is 11.3 Å². The van der Waals surface area contributed by atoms with Crippen LogP contribution >= 0.6 is 11.6 Å². The summed E-state index contributed by atoms with van der Waals surface area (Å²) in [4.78, 5) is 15.4. The monoisotopic (exact) mass is 253 g/mol. The summed E-state index contributed by atoms with van der Waals surface area (Å²) in [6, 6.07) is 5.61. The first-order chi connectivity index (χ1) is 8.06. The van der Waals surface area contributed by atoms with Crippen molar-refractivity contribution in [2.45, 2.75) is 6.54 Å². The first-order valence-electron chi connectivity index (χ1n) is 5.56. The van der Waals surface area contributed by atoms with Crippen LogP contribution in [0.3, 0.4) is 0 Å². The highest BCUT2D eigenvalue weighted by atomic mass is 35.5. The largest absolute Gasteiger partial charge is 0.398 e. The van der Waals surface area contributed by atoms with E-state index >= 15 is 0 Å². The summed E-state index contributed by atoms with van der Waals surface area (Å²) >= 11 is 5.87. The van der Waals surface area contributed by atoms with E-state index in [1.165, 1.54) is 0 Å². The van der Waals surface area contributed by atoms with Gasteiger partial charge in [0.2, 0.25) is 5.91 Å². The van der Waals surface area contributed by atoms with Crippen LogP contribution in [0.4, 0.5) is 5.69 Å². The van der Waals surface area contributed by atoms with Crippen LogP contribution in [0.25, 0.3) is 0 Å². The predicted octanol–water partition coefficient (Wildman–Crippen LogP) is 1.20. The molecule has 0 aliphatic carbocycles. The summed E-state index contributed by atoms with van der Waals surface area (Å²) in [6.07, 6.45) is 0. The fourth-order valence-corrected chi connectivity index (χ4v) is 2.01. The lowest BCUT2D eigenvalue weighted by Crippen LogP contribution is -2.47. The van der Waals surface area contributed by atoms with Crippen molar-refractivity contribution in [3.05, 3.63) is 28.8 Å². The normalized spacial score (nSPS) is 17.5. The molecule has 2 N–H and O–H groups in total. The molecule has 1 aliphatic heterocycles. The lowest BCUT2D eigenvalue weighted by molar-refractivity contribution is -0.134. The van der Waals surface area contributed by atoms with Crippen LogP contribution in [0.5, 0.6) is 0 Å². The molecule has 17 heavy (non-hydrogen) atoms. The number of likely N-dealkylation sites (N-methyl/N-ethyl adjacent to an activating group) is 1. The number of piperazine rings is 1. The first-order valence-corrected chi connectivity index (χ1v) is 5.94. The Balaban J connectivity index is 2.01. The molecular weight excluding hydrogens is 238 g/mol. The van der Waals surface area contributed by atoms with Crippen LogP contribution in [0.2, 0.25) is 5.02 Å².